The third kappa shape index (κ3) is 4.57. The Morgan fingerprint density at radius 3 is 2.56 bits per heavy atom. The number of carboxylic acids is 1. The van der Waals surface area contributed by atoms with E-state index < -0.39 is 21.8 Å². The molecule has 0 atom stereocenters. The number of benzene rings is 2. The summed E-state index contributed by atoms with van der Waals surface area (Å²) in [5.74, 6) is -1.62. The van der Waals surface area contributed by atoms with Crippen LogP contribution in [0.2, 0.25) is 0 Å². The topological polar surface area (TPSA) is 92.7 Å². The summed E-state index contributed by atoms with van der Waals surface area (Å²) in [6.45, 7) is 1.56. The molecule has 0 saturated heterocycles. The number of sulfonamides is 1. The second kappa shape index (κ2) is 7.35. The first-order valence-electron chi connectivity index (χ1n) is 7.11. The quantitative estimate of drug-likeness (QED) is 0.768. The molecule has 0 bridgehead atoms. The standard InChI is InChI=1S/C17H16FNO5S/c1-11-3-6-13(10-14(11)18)19-25(22,23)16-9-12(5-8-17(20)21)4-7-15(16)24-2/h3-10,19H,1-2H3,(H,20,21)/b8-5+. The minimum Gasteiger partial charge on any atom is -0.495 e. The molecule has 132 valence electrons. The molecular weight excluding hydrogens is 349 g/mol. The van der Waals surface area contributed by atoms with Crippen LogP contribution in [0.5, 0.6) is 5.75 Å². The number of ether oxygens (including phenoxy) is 1. The fraction of sp³-hybridized carbons (Fsp3) is 0.118. The summed E-state index contributed by atoms with van der Waals surface area (Å²) in [7, 11) is -2.76. The van der Waals surface area contributed by atoms with Crippen LogP contribution >= 0.6 is 0 Å². The smallest absolute Gasteiger partial charge is 0.328 e. The summed E-state index contributed by atoms with van der Waals surface area (Å²) in [6, 6.07) is 8.17. The number of rotatable bonds is 6. The van der Waals surface area contributed by atoms with Crippen LogP contribution < -0.4 is 9.46 Å². The molecule has 0 aliphatic heterocycles. The first-order chi connectivity index (χ1) is 11.7. The van der Waals surface area contributed by atoms with Crippen LogP contribution in [0.1, 0.15) is 11.1 Å². The highest BCUT2D eigenvalue weighted by Crippen LogP contribution is 2.28. The second-order valence-electron chi connectivity index (χ2n) is 5.15. The van der Waals surface area contributed by atoms with E-state index in [2.05, 4.69) is 4.72 Å². The molecule has 6 nitrogen and oxygen atoms in total. The van der Waals surface area contributed by atoms with Gasteiger partial charge in [-0.05, 0) is 48.4 Å². The minimum absolute atomic E-state index is 0.0663. The number of aliphatic carboxylic acids is 1. The normalized spacial score (nSPS) is 11.5. The summed E-state index contributed by atoms with van der Waals surface area (Å²) in [4.78, 5) is 10.4. The van der Waals surface area contributed by atoms with Crippen molar-refractivity contribution in [3.8, 4) is 5.75 Å². The summed E-state index contributed by atoms with van der Waals surface area (Å²) in [5.41, 5.74) is 0.816. The zero-order chi connectivity index (χ0) is 18.6. The fourth-order valence-electron chi connectivity index (χ4n) is 2.04. The number of carboxylic acid groups (broad SMARTS) is 1. The molecule has 0 aliphatic carbocycles. The van der Waals surface area contributed by atoms with Gasteiger partial charge >= 0.3 is 5.97 Å². The molecule has 2 rings (SSSR count). The maximum atomic E-state index is 13.6. The van der Waals surface area contributed by atoms with Crippen LogP contribution in [0, 0.1) is 12.7 Å². The van der Waals surface area contributed by atoms with Crippen LogP contribution in [0.4, 0.5) is 10.1 Å². The second-order valence-corrected chi connectivity index (χ2v) is 6.80. The third-order valence-electron chi connectivity index (χ3n) is 3.32. The lowest BCUT2D eigenvalue weighted by Gasteiger charge is -2.13. The summed E-state index contributed by atoms with van der Waals surface area (Å²) < 4.78 is 46.2. The van der Waals surface area contributed by atoms with Gasteiger partial charge in [0.05, 0.1) is 12.8 Å². The molecule has 0 spiro atoms. The number of aryl methyl sites for hydroxylation is 1. The van der Waals surface area contributed by atoms with Gasteiger partial charge in [0, 0.05) is 6.08 Å². The van der Waals surface area contributed by atoms with E-state index in [1.807, 2.05) is 0 Å². The summed E-state index contributed by atoms with van der Waals surface area (Å²) >= 11 is 0. The Hall–Kier alpha value is -2.87. The van der Waals surface area contributed by atoms with Crippen molar-refractivity contribution in [2.24, 2.45) is 0 Å². The Balaban J connectivity index is 2.44. The van der Waals surface area contributed by atoms with Gasteiger partial charge in [-0.25, -0.2) is 17.6 Å². The van der Waals surface area contributed by atoms with Gasteiger partial charge in [0.15, 0.2) is 0 Å². The van der Waals surface area contributed by atoms with E-state index in [1.165, 1.54) is 43.5 Å². The van der Waals surface area contributed by atoms with E-state index in [9.17, 15) is 17.6 Å². The predicted molar refractivity (Wildman–Crippen MR) is 91.6 cm³/mol. The van der Waals surface area contributed by atoms with Crippen LogP contribution in [0.25, 0.3) is 6.08 Å². The van der Waals surface area contributed by atoms with E-state index in [0.29, 0.717) is 11.1 Å². The number of halogens is 1. The molecule has 0 unspecified atom stereocenters. The molecule has 0 heterocycles. The predicted octanol–water partition coefficient (Wildman–Crippen LogP) is 3.04. The molecule has 0 amide bonds. The molecule has 0 aromatic heterocycles. The van der Waals surface area contributed by atoms with Crippen molar-refractivity contribution in [3.63, 3.8) is 0 Å². The van der Waals surface area contributed by atoms with E-state index in [0.717, 1.165) is 12.1 Å². The Morgan fingerprint density at radius 2 is 1.96 bits per heavy atom. The van der Waals surface area contributed by atoms with Crippen molar-refractivity contribution in [1.29, 1.82) is 0 Å². The lowest BCUT2D eigenvalue weighted by molar-refractivity contribution is -0.131. The van der Waals surface area contributed by atoms with Crippen molar-refractivity contribution in [2.45, 2.75) is 11.8 Å². The molecule has 2 aromatic carbocycles. The van der Waals surface area contributed by atoms with E-state index in [4.69, 9.17) is 9.84 Å². The number of hydrogen-bond acceptors (Lipinski definition) is 4. The van der Waals surface area contributed by atoms with Gasteiger partial charge in [0.25, 0.3) is 10.0 Å². The number of anilines is 1. The van der Waals surface area contributed by atoms with Gasteiger partial charge in [0.1, 0.15) is 16.5 Å². The van der Waals surface area contributed by atoms with E-state index in [-0.39, 0.29) is 16.3 Å². The number of methoxy groups -OCH3 is 1. The van der Waals surface area contributed by atoms with E-state index >= 15 is 0 Å². The Morgan fingerprint density at radius 1 is 1.24 bits per heavy atom. The van der Waals surface area contributed by atoms with Gasteiger partial charge in [-0.1, -0.05) is 12.1 Å². The molecule has 0 aliphatic rings. The highest BCUT2D eigenvalue weighted by molar-refractivity contribution is 7.92. The van der Waals surface area contributed by atoms with Crippen LogP contribution in [0.3, 0.4) is 0 Å². The van der Waals surface area contributed by atoms with Crippen molar-refractivity contribution in [1.82, 2.24) is 0 Å². The SMILES string of the molecule is COc1ccc(/C=C/C(=O)O)cc1S(=O)(=O)Nc1ccc(C)c(F)c1. The monoisotopic (exact) mass is 365 g/mol. The first-order valence-corrected chi connectivity index (χ1v) is 8.59. The molecule has 0 fully saturated rings. The van der Waals surface area contributed by atoms with Gasteiger partial charge in [-0.3, -0.25) is 4.72 Å². The minimum atomic E-state index is -4.07. The van der Waals surface area contributed by atoms with Crippen molar-refractivity contribution < 1.29 is 27.4 Å². The highest BCUT2D eigenvalue weighted by Gasteiger charge is 2.20. The van der Waals surface area contributed by atoms with Crippen LogP contribution in [0.15, 0.2) is 47.4 Å². The molecule has 0 saturated carbocycles. The first kappa shape index (κ1) is 18.5. The summed E-state index contributed by atoms with van der Waals surface area (Å²) in [5, 5.41) is 8.67. The Bertz CT molecular complexity index is 938. The average Bonchev–Trinajstić information content (AvgIpc) is 2.55. The molecule has 8 heteroatoms. The number of nitrogens with one attached hydrogen (secondary N) is 1. The molecule has 25 heavy (non-hydrogen) atoms. The summed E-state index contributed by atoms with van der Waals surface area (Å²) in [6.07, 6.45) is 2.15. The zero-order valence-electron chi connectivity index (χ0n) is 13.5. The van der Waals surface area contributed by atoms with E-state index in [1.54, 1.807) is 6.92 Å². The molecule has 0 radical (unpaired) electrons. The maximum absolute atomic E-state index is 13.6. The lowest BCUT2D eigenvalue weighted by Crippen LogP contribution is -2.14. The number of carbonyl (C=O) groups is 1. The fourth-order valence-corrected chi connectivity index (χ4v) is 3.30. The largest absolute Gasteiger partial charge is 0.495 e. The third-order valence-corrected chi connectivity index (χ3v) is 4.72. The average molecular weight is 365 g/mol. The Labute approximate surface area is 144 Å². The Kier molecular flexibility index (Phi) is 5.43. The van der Waals surface area contributed by atoms with Crippen molar-refractivity contribution >= 4 is 27.8 Å². The lowest BCUT2D eigenvalue weighted by atomic mass is 10.2. The maximum Gasteiger partial charge on any atom is 0.328 e. The van der Waals surface area contributed by atoms with Gasteiger partial charge in [-0.15, -0.1) is 0 Å². The number of hydrogen-bond donors (Lipinski definition) is 2. The van der Waals surface area contributed by atoms with Crippen LogP contribution in [-0.4, -0.2) is 26.6 Å². The van der Waals surface area contributed by atoms with Gasteiger partial charge in [-0.2, -0.15) is 0 Å². The zero-order valence-corrected chi connectivity index (χ0v) is 14.3. The van der Waals surface area contributed by atoms with Crippen molar-refractivity contribution in [3.05, 3.63) is 59.4 Å². The molecular formula is C17H16FNO5S. The van der Waals surface area contributed by atoms with Crippen LogP contribution in [-0.2, 0) is 14.8 Å². The van der Waals surface area contributed by atoms with Gasteiger partial charge in [0.2, 0.25) is 0 Å². The molecule has 2 N–H and O–H groups in total. The molecule has 2 aromatic rings. The van der Waals surface area contributed by atoms with Crippen molar-refractivity contribution in [2.75, 3.05) is 11.8 Å². The van der Waals surface area contributed by atoms with Gasteiger partial charge < -0.3 is 9.84 Å². The highest BCUT2D eigenvalue weighted by atomic mass is 32.2.